The molecule has 1 spiro atoms. The average Bonchev–Trinajstić information content (AvgIpc) is 2.46. The second kappa shape index (κ2) is 5.64. The molecule has 1 aromatic rings. The molecule has 21 heavy (non-hydrogen) atoms. The molecule has 1 unspecified atom stereocenters. The van der Waals surface area contributed by atoms with E-state index < -0.39 is 0 Å². The van der Waals surface area contributed by atoms with Gasteiger partial charge in [0, 0.05) is 17.8 Å². The highest BCUT2D eigenvalue weighted by Gasteiger charge is 2.48. The number of ether oxygens (including phenoxy) is 1. The van der Waals surface area contributed by atoms with Crippen LogP contribution in [0.2, 0.25) is 0 Å². The molecule has 0 radical (unpaired) electrons. The van der Waals surface area contributed by atoms with Gasteiger partial charge in [-0.1, -0.05) is 0 Å². The number of piperidine rings is 1. The van der Waals surface area contributed by atoms with Crippen molar-refractivity contribution >= 4 is 5.91 Å². The Morgan fingerprint density at radius 1 is 1.52 bits per heavy atom. The normalized spacial score (nSPS) is 23.7. The summed E-state index contributed by atoms with van der Waals surface area (Å²) in [7, 11) is 1.60. The minimum absolute atomic E-state index is 0.0821. The molecule has 114 valence electrons. The van der Waals surface area contributed by atoms with Gasteiger partial charge in [0.05, 0.1) is 25.8 Å². The van der Waals surface area contributed by atoms with Crippen LogP contribution < -0.4 is 4.74 Å². The predicted molar refractivity (Wildman–Crippen MR) is 78.0 cm³/mol. The van der Waals surface area contributed by atoms with E-state index in [9.17, 15) is 9.90 Å². The first-order valence-electron chi connectivity index (χ1n) is 7.60. The summed E-state index contributed by atoms with van der Waals surface area (Å²) in [6, 6.07) is 3.66. The molecule has 0 bridgehead atoms. The molecule has 2 heterocycles. The summed E-state index contributed by atoms with van der Waals surface area (Å²) in [6.45, 7) is 0.663. The number of nitrogens with zero attached hydrogens (tertiary/aromatic N) is 2. The number of aliphatic hydroxyl groups excluding tert-OH is 1. The maximum Gasteiger partial charge on any atom is 0.229 e. The largest absolute Gasteiger partial charge is 0.495 e. The lowest BCUT2D eigenvalue weighted by molar-refractivity contribution is -0.148. The molecule has 1 N–H and O–H groups in total. The Kier molecular flexibility index (Phi) is 3.85. The lowest BCUT2D eigenvalue weighted by atomic mass is 9.69. The highest BCUT2D eigenvalue weighted by molar-refractivity contribution is 5.79. The Hall–Kier alpha value is -1.62. The fourth-order valence-electron chi connectivity index (χ4n) is 3.50. The number of rotatable bonds is 3. The minimum Gasteiger partial charge on any atom is -0.495 e. The molecule has 5 nitrogen and oxygen atoms in total. The molecule has 2 aliphatic rings. The van der Waals surface area contributed by atoms with Crippen molar-refractivity contribution in [3.8, 4) is 5.75 Å². The van der Waals surface area contributed by atoms with Crippen molar-refractivity contribution in [3.05, 3.63) is 24.0 Å². The zero-order chi connectivity index (χ0) is 14.9. The number of pyridine rings is 1. The Bertz CT molecular complexity index is 511. The Morgan fingerprint density at radius 3 is 2.90 bits per heavy atom. The average molecular weight is 290 g/mol. The van der Waals surface area contributed by atoms with Crippen LogP contribution >= 0.6 is 0 Å². The number of methoxy groups -OCH3 is 1. The third-order valence-corrected chi connectivity index (χ3v) is 4.83. The molecule has 2 fully saturated rings. The molecule has 5 heteroatoms. The topological polar surface area (TPSA) is 62.7 Å². The van der Waals surface area contributed by atoms with Gasteiger partial charge in [0.1, 0.15) is 5.75 Å². The van der Waals surface area contributed by atoms with E-state index in [1.165, 1.54) is 0 Å². The molecule has 1 amide bonds. The highest BCUT2D eigenvalue weighted by atomic mass is 16.5. The van der Waals surface area contributed by atoms with Crippen LogP contribution in [0.3, 0.4) is 0 Å². The van der Waals surface area contributed by atoms with Crippen LogP contribution in [-0.4, -0.2) is 46.2 Å². The van der Waals surface area contributed by atoms with Crippen LogP contribution in [-0.2, 0) is 11.2 Å². The van der Waals surface area contributed by atoms with Gasteiger partial charge in [-0.3, -0.25) is 9.78 Å². The first kappa shape index (κ1) is 14.3. The second-order valence-corrected chi connectivity index (χ2v) is 6.14. The third-order valence-electron chi connectivity index (χ3n) is 4.83. The monoisotopic (exact) mass is 290 g/mol. The van der Waals surface area contributed by atoms with Crippen molar-refractivity contribution in [2.24, 2.45) is 0 Å². The highest BCUT2D eigenvalue weighted by Crippen LogP contribution is 2.44. The van der Waals surface area contributed by atoms with Gasteiger partial charge in [-0.05, 0) is 44.2 Å². The molecular weight excluding hydrogens is 268 g/mol. The van der Waals surface area contributed by atoms with E-state index in [0.717, 1.165) is 31.4 Å². The lowest BCUT2D eigenvalue weighted by Crippen LogP contribution is -2.61. The smallest absolute Gasteiger partial charge is 0.229 e. The number of amides is 1. The van der Waals surface area contributed by atoms with Gasteiger partial charge < -0.3 is 14.7 Å². The van der Waals surface area contributed by atoms with Gasteiger partial charge in [-0.2, -0.15) is 0 Å². The molecule has 1 atom stereocenters. The summed E-state index contributed by atoms with van der Waals surface area (Å²) in [5.74, 6) is 0.821. The zero-order valence-electron chi connectivity index (χ0n) is 12.4. The van der Waals surface area contributed by atoms with E-state index in [4.69, 9.17) is 4.74 Å². The standard InChI is InChI=1S/C16H22N2O3/c1-21-14-4-3-12(17-11-14)9-15(20)18-8-5-13(19)10-16(18)6-2-7-16/h3-4,11,13,19H,2,5-10H2,1H3. The van der Waals surface area contributed by atoms with Gasteiger partial charge in [0.25, 0.3) is 0 Å². The number of carbonyl (C=O) groups excluding carboxylic acids is 1. The molecule has 1 saturated carbocycles. The number of aliphatic hydroxyl groups is 1. The third kappa shape index (κ3) is 2.75. The van der Waals surface area contributed by atoms with Crippen molar-refractivity contribution in [2.45, 2.75) is 50.2 Å². The molecule has 1 saturated heterocycles. The van der Waals surface area contributed by atoms with Crippen LogP contribution in [0.25, 0.3) is 0 Å². The summed E-state index contributed by atoms with van der Waals surface area (Å²) in [4.78, 5) is 18.9. The van der Waals surface area contributed by atoms with Crippen LogP contribution in [0.4, 0.5) is 0 Å². The number of aromatic nitrogens is 1. The van der Waals surface area contributed by atoms with Gasteiger partial charge >= 0.3 is 0 Å². The summed E-state index contributed by atoms with van der Waals surface area (Å²) < 4.78 is 5.08. The summed E-state index contributed by atoms with van der Waals surface area (Å²) in [5.41, 5.74) is 0.683. The van der Waals surface area contributed by atoms with E-state index >= 15 is 0 Å². The number of likely N-dealkylation sites (tertiary alicyclic amines) is 1. The molecule has 1 aliphatic heterocycles. The molecule has 3 rings (SSSR count). The van der Waals surface area contributed by atoms with Crippen LogP contribution in [0.5, 0.6) is 5.75 Å². The van der Waals surface area contributed by atoms with Crippen molar-refractivity contribution in [1.29, 1.82) is 0 Å². The van der Waals surface area contributed by atoms with Gasteiger partial charge in [-0.15, -0.1) is 0 Å². The molecule has 1 aliphatic carbocycles. The Labute approximate surface area is 124 Å². The fourth-order valence-corrected chi connectivity index (χ4v) is 3.50. The number of carbonyl (C=O) groups is 1. The van der Waals surface area contributed by atoms with Crippen LogP contribution in [0, 0.1) is 0 Å². The van der Waals surface area contributed by atoms with Crippen LogP contribution in [0.1, 0.15) is 37.8 Å². The van der Waals surface area contributed by atoms with Crippen molar-refractivity contribution < 1.29 is 14.6 Å². The Balaban J connectivity index is 1.69. The van der Waals surface area contributed by atoms with Crippen LogP contribution in [0.15, 0.2) is 18.3 Å². The minimum atomic E-state index is -0.256. The lowest BCUT2D eigenvalue weighted by Gasteiger charge is -2.54. The van der Waals surface area contributed by atoms with Gasteiger partial charge in [0.15, 0.2) is 0 Å². The number of hydrogen-bond donors (Lipinski definition) is 1. The maximum atomic E-state index is 12.6. The van der Waals surface area contributed by atoms with Gasteiger partial charge in [0.2, 0.25) is 5.91 Å². The predicted octanol–water partition coefficient (Wildman–Crippen LogP) is 1.54. The SMILES string of the molecule is COc1ccc(CC(=O)N2CCC(O)CC23CCC3)nc1. The maximum absolute atomic E-state index is 12.6. The number of hydrogen-bond acceptors (Lipinski definition) is 4. The van der Waals surface area contributed by atoms with Crippen molar-refractivity contribution in [2.75, 3.05) is 13.7 Å². The van der Waals surface area contributed by atoms with Crippen molar-refractivity contribution in [3.63, 3.8) is 0 Å². The summed E-state index contributed by atoms with van der Waals surface area (Å²) >= 11 is 0. The van der Waals surface area contributed by atoms with Crippen molar-refractivity contribution in [1.82, 2.24) is 9.88 Å². The fraction of sp³-hybridized carbons (Fsp3) is 0.625. The van der Waals surface area contributed by atoms with E-state index in [1.807, 2.05) is 17.0 Å². The zero-order valence-corrected chi connectivity index (χ0v) is 12.4. The summed E-state index contributed by atoms with van der Waals surface area (Å²) in [5, 5.41) is 9.89. The van der Waals surface area contributed by atoms with E-state index in [1.54, 1.807) is 13.3 Å². The molecular formula is C16H22N2O3. The van der Waals surface area contributed by atoms with E-state index in [2.05, 4.69) is 4.98 Å². The van der Waals surface area contributed by atoms with E-state index in [0.29, 0.717) is 25.1 Å². The first-order chi connectivity index (χ1) is 10.1. The Morgan fingerprint density at radius 2 is 2.33 bits per heavy atom. The molecule has 0 aromatic carbocycles. The first-order valence-corrected chi connectivity index (χ1v) is 7.60. The quantitative estimate of drug-likeness (QED) is 0.917. The second-order valence-electron chi connectivity index (χ2n) is 6.14. The van der Waals surface area contributed by atoms with Gasteiger partial charge in [-0.25, -0.2) is 0 Å². The summed E-state index contributed by atoms with van der Waals surface area (Å²) in [6.07, 6.45) is 6.31. The molecule has 1 aromatic heterocycles. The van der Waals surface area contributed by atoms with E-state index in [-0.39, 0.29) is 17.6 Å².